The molecule has 1 spiro atoms. The zero-order chi connectivity index (χ0) is 18.3. The van der Waals surface area contributed by atoms with Crippen molar-refractivity contribution in [2.45, 2.75) is 5.66 Å². The number of nitrogens with one attached hydrogen (secondary N) is 4. The third-order valence-corrected chi connectivity index (χ3v) is 4.40. The Hall–Kier alpha value is -3.26. The van der Waals surface area contributed by atoms with Gasteiger partial charge in [0.25, 0.3) is 17.5 Å². The number of guanidine groups is 2. The summed E-state index contributed by atoms with van der Waals surface area (Å²) in [4.78, 5) is 20.1. The van der Waals surface area contributed by atoms with Crippen LogP contribution >= 0.6 is 11.6 Å². The van der Waals surface area contributed by atoms with E-state index in [-0.39, 0.29) is 11.9 Å². The Bertz CT molecular complexity index is 973. The van der Waals surface area contributed by atoms with Crippen molar-refractivity contribution in [3.8, 4) is 5.75 Å². The largest absolute Gasteiger partial charge is 0.493 e. The Morgan fingerprint density at radius 1 is 1.27 bits per heavy atom. The molecule has 0 unspecified atom stereocenters. The predicted octanol–water partition coefficient (Wildman–Crippen LogP) is -0.0799. The number of methoxy groups -OCH3 is 1. The van der Waals surface area contributed by atoms with Gasteiger partial charge < -0.3 is 15.8 Å². The second kappa shape index (κ2) is 5.92. The maximum Gasteiger partial charge on any atom is 0.358 e. The fourth-order valence-corrected chi connectivity index (χ4v) is 3.20. The summed E-state index contributed by atoms with van der Waals surface area (Å²) < 4.78 is 5.33. The van der Waals surface area contributed by atoms with Crippen LogP contribution in [0.2, 0.25) is 5.02 Å². The fourth-order valence-electron chi connectivity index (χ4n) is 3.03. The van der Waals surface area contributed by atoms with Gasteiger partial charge in [0, 0.05) is 10.6 Å². The lowest BCUT2D eigenvalue weighted by Crippen LogP contribution is -2.92. The normalized spacial score (nSPS) is 20.6. The van der Waals surface area contributed by atoms with Crippen LogP contribution in [0, 0.1) is 0 Å². The van der Waals surface area contributed by atoms with E-state index in [4.69, 9.17) is 22.1 Å². The summed E-state index contributed by atoms with van der Waals surface area (Å²) in [5.41, 5.74) is 6.58. The number of hydrogen-bond acceptors (Lipinski definition) is 6. The molecular weight excluding hydrogens is 356 g/mol. The number of amides is 1. The van der Waals surface area contributed by atoms with Gasteiger partial charge in [0.05, 0.1) is 12.8 Å². The van der Waals surface area contributed by atoms with E-state index in [1.54, 1.807) is 25.3 Å². The van der Waals surface area contributed by atoms with Crippen molar-refractivity contribution in [3.63, 3.8) is 0 Å². The van der Waals surface area contributed by atoms with E-state index in [9.17, 15) is 4.79 Å². The van der Waals surface area contributed by atoms with Crippen LogP contribution in [-0.4, -0.2) is 24.9 Å². The molecule has 0 saturated carbocycles. The first-order valence-corrected chi connectivity index (χ1v) is 8.18. The van der Waals surface area contributed by atoms with E-state index < -0.39 is 5.66 Å². The highest BCUT2D eigenvalue weighted by atomic mass is 35.5. The van der Waals surface area contributed by atoms with Crippen LogP contribution in [0.4, 0.5) is 11.4 Å². The molecule has 0 bridgehead atoms. The molecule has 0 aliphatic carbocycles. The topological polar surface area (TPSA) is 115 Å². The Morgan fingerprint density at radius 3 is 2.88 bits per heavy atom. The summed E-state index contributed by atoms with van der Waals surface area (Å²) in [5, 5.41) is 9.35. The van der Waals surface area contributed by atoms with Gasteiger partial charge in [-0.05, 0) is 24.3 Å². The van der Waals surface area contributed by atoms with Crippen molar-refractivity contribution in [1.82, 2.24) is 5.32 Å². The Morgan fingerprint density at radius 2 is 2.08 bits per heavy atom. The van der Waals surface area contributed by atoms with Crippen molar-refractivity contribution in [3.05, 3.63) is 53.1 Å². The molecule has 2 heterocycles. The van der Waals surface area contributed by atoms with Gasteiger partial charge >= 0.3 is 5.96 Å². The summed E-state index contributed by atoms with van der Waals surface area (Å²) >= 11 is 6.07. The maximum atomic E-state index is 12.7. The Labute approximate surface area is 154 Å². The van der Waals surface area contributed by atoms with Gasteiger partial charge in [-0.15, -0.1) is 0 Å². The third kappa shape index (κ3) is 2.51. The van der Waals surface area contributed by atoms with Crippen LogP contribution in [0.15, 0.2) is 47.5 Å². The molecule has 1 atom stereocenters. The number of carbonyl (C=O) groups is 1. The average molecular weight is 372 g/mol. The molecule has 0 radical (unpaired) electrons. The number of carbonyl (C=O) groups excluding carboxylic acids is 1. The molecule has 132 valence electrons. The highest BCUT2D eigenvalue weighted by Gasteiger charge is 2.51. The van der Waals surface area contributed by atoms with Crippen molar-refractivity contribution < 1.29 is 14.5 Å². The average Bonchev–Trinajstić information content (AvgIpc) is 2.86. The van der Waals surface area contributed by atoms with Crippen LogP contribution in [0.5, 0.6) is 5.75 Å². The van der Waals surface area contributed by atoms with E-state index >= 15 is 0 Å². The number of anilines is 2. The lowest BCUT2D eigenvalue weighted by atomic mass is 10.0. The number of benzene rings is 2. The fraction of sp³-hybridized carbons (Fsp3) is 0.118. The minimum atomic E-state index is -1.35. The molecule has 2 aliphatic rings. The number of rotatable bonds is 2. The highest BCUT2D eigenvalue weighted by molar-refractivity contribution is 6.31. The van der Waals surface area contributed by atoms with Crippen LogP contribution in [0.3, 0.4) is 0 Å². The lowest BCUT2D eigenvalue weighted by molar-refractivity contribution is -0.544. The number of fused-ring (bicyclic) bond motifs is 2. The SMILES string of the molecule is COc1ccc(Cl)cc1NC1=[NH+][C@@]2(N=C(N)N1)C(=O)Nc1ccccc12. The standard InChI is InChI=1S/C17H15ClN6O2/c1-26-13-7-6-9(18)8-12(13)21-16-22-15(19)23-17(24-16)10-4-2-3-5-11(10)20-14(17)25/h2-8H,1H3,(H,20,25)(H4,19,21,22,23,24)/p+1/t17-/m1/s1. The molecule has 9 heteroatoms. The number of hydrogen-bond donors (Lipinski definition) is 5. The van der Waals surface area contributed by atoms with Crippen LogP contribution in [0.25, 0.3) is 0 Å². The summed E-state index contributed by atoms with van der Waals surface area (Å²) in [5.74, 6) is 0.737. The smallest absolute Gasteiger partial charge is 0.358 e. The van der Waals surface area contributed by atoms with Crippen molar-refractivity contribution in [1.29, 1.82) is 0 Å². The number of nitrogens with zero attached hydrogens (tertiary/aromatic N) is 1. The molecule has 0 fully saturated rings. The number of aliphatic imine (C=N–C) groups is 1. The first-order valence-electron chi connectivity index (χ1n) is 7.81. The second-order valence-electron chi connectivity index (χ2n) is 5.80. The predicted molar refractivity (Wildman–Crippen MR) is 99.1 cm³/mol. The molecule has 2 aliphatic heterocycles. The lowest BCUT2D eigenvalue weighted by Gasteiger charge is -2.22. The third-order valence-electron chi connectivity index (χ3n) is 4.16. The number of halogens is 1. The highest BCUT2D eigenvalue weighted by Crippen LogP contribution is 2.34. The Kier molecular flexibility index (Phi) is 3.69. The summed E-state index contributed by atoms with van der Waals surface area (Å²) in [6.07, 6.45) is 0. The molecular formula is C17H16ClN6O2+. The van der Waals surface area contributed by atoms with Crippen molar-refractivity contribution >= 4 is 40.8 Å². The van der Waals surface area contributed by atoms with Gasteiger partial charge in [0.15, 0.2) is 5.75 Å². The quantitative estimate of drug-likeness (QED) is 0.506. The monoisotopic (exact) mass is 371 g/mol. The van der Waals surface area contributed by atoms with E-state index in [2.05, 4.69) is 25.9 Å². The number of nitrogens with two attached hydrogens (primary N) is 1. The van der Waals surface area contributed by atoms with E-state index in [1.165, 1.54) is 0 Å². The zero-order valence-electron chi connectivity index (χ0n) is 13.8. The minimum absolute atomic E-state index is 0.0964. The molecule has 6 N–H and O–H groups in total. The van der Waals surface area contributed by atoms with Crippen molar-refractivity contribution in [2.24, 2.45) is 10.7 Å². The molecule has 1 amide bonds. The zero-order valence-corrected chi connectivity index (χ0v) is 14.5. The summed E-state index contributed by atoms with van der Waals surface area (Å²) in [7, 11) is 1.55. The number of para-hydroxylation sites is 1. The molecule has 8 nitrogen and oxygen atoms in total. The van der Waals surface area contributed by atoms with E-state index in [0.29, 0.717) is 33.7 Å². The molecule has 0 aromatic heterocycles. The van der Waals surface area contributed by atoms with Gasteiger partial charge in [0.2, 0.25) is 0 Å². The molecule has 2 aromatic rings. The first-order chi connectivity index (χ1) is 12.5. The summed E-state index contributed by atoms with van der Waals surface area (Å²) in [6.45, 7) is 0. The van der Waals surface area contributed by atoms with Crippen LogP contribution in [0.1, 0.15) is 5.56 Å². The van der Waals surface area contributed by atoms with Crippen LogP contribution in [-0.2, 0) is 10.5 Å². The molecule has 0 saturated heterocycles. The Balaban J connectivity index is 1.78. The second-order valence-corrected chi connectivity index (χ2v) is 6.24. The van der Waals surface area contributed by atoms with E-state index in [0.717, 1.165) is 0 Å². The minimum Gasteiger partial charge on any atom is -0.493 e. The van der Waals surface area contributed by atoms with Crippen molar-refractivity contribution in [2.75, 3.05) is 17.7 Å². The van der Waals surface area contributed by atoms with Gasteiger partial charge in [-0.1, -0.05) is 29.8 Å². The first kappa shape index (κ1) is 16.2. The maximum absolute atomic E-state index is 12.7. The molecule has 4 rings (SSSR count). The van der Waals surface area contributed by atoms with E-state index in [1.807, 2.05) is 24.3 Å². The molecule has 2 aromatic carbocycles. The van der Waals surface area contributed by atoms with Gasteiger partial charge in [-0.2, -0.15) is 4.99 Å². The van der Waals surface area contributed by atoms with Crippen LogP contribution < -0.4 is 31.4 Å². The van der Waals surface area contributed by atoms with Gasteiger partial charge in [-0.3, -0.25) is 4.79 Å². The van der Waals surface area contributed by atoms with Gasteiger partial charge in [-0.25, -0.2) is 15.6 Å². The number of ether oxygens (including phenoxy) is 1. The summed E-state index contributed by atoms with van der Waals surface area (Å²) in [6, 6.07) is 12.5. The van der Waals surface area contributed by atoms with Gasteiger partial charge in [0.1, 0.15) is 5.69 Å². The molecule has 26 heavy (non-hydrogen) atoms.